The van der Waals surface area contributed by atoms with E-state index in [1.807, 2.05) is 6.92 Å². The third-order valence-corrected chi connectivity index (χ3v) is 1.92. The van der Waals surface area contributed by atoms with Crippen LogP contribution in [0.1, 0.15) is 40.0 Å². The van der Waals surface area contributed by atoms with E-state index in [1.165, 1.54) is 0 Å². The Labute approximate surface area is 86.4 Å². The van der Waals surface area contributed by atoms with E-state index in [-0.39, 0.29) is 11.9 Å². The number of carbonyl (C=O) groups is 1. The molecule has 0 aliphatic carbocycles. The molecular weight excluding hydrogens is 176 g/mol. The van der Waals surface area contributed by atoms with Crippen LogP contribution in [0.15, 0.2) is 0 Å². The van der Waals surface area contributed by atoms with Gasteiger partial charge in [0, 0.05) is 12.5 Å². The summed E-state index contributed by atoms with van der Waals surface area (Å²) in [4.78, 5) is 11.4. The predicted octanol–water partition coefficient (Wildman–Crippen LogP) is 1.03. The highest BCUT2D eigenvalue weighted by atomic mass is 16.1. The predicted molar refractivity (Wildman–Crippen MR) is 58.6 cm³/mol. The van der Waals surface area contributed by atoms with Crippen molar-refractivity contribution < 1.29 is 4.79 Å². The first-order valence-corrected chi connectivity index (χ1v) is 4.95. The van der Waals surface area contributed by atoms with Gasteiger partial charge >= 0.3 is 0 Å². The highest BCUT2D eigenvalue weighted by molar-refractivity contribution is 5.77. The highest BCUT2D eigenvalue weighted by Crippen LogP contribution is 2.02. The zero-order valence-electron chi connectivity index (χ0n) is 9.26. The maximum absolute atomic E-state index is 11.4. The Morgan fingerprint density at radius 3 is 2.64 bits per heavy atom. The molecule has 3 N–H and O–H groups in total. The summed E-state index contributed by atoms with van der Waals surface area (Å²) in [5, 5.41) is 2.74. The van der Waals surface area contributed by atoms with Gasteiger partial charge in [0.1, 0.15) is 0 Å². The minimum atomic E-state index is -0.580. The molecule has 1 atom stereocenters. The van der Waals surface area contributed by atoms with E-state index in [0.29, 0.717) is 6.42 Å². The maximum Gasteiger partial charge on any atom is 0.222 e. The van der Waals surface area contributed by atoms with E-state index in [1.54, 1.807) is 13.8 Å². The number of terminal acetylenes is 1. The standard InChI is InChI=1S/C11H20N2O/c1-5-7-9(12)8-10(14)13-11(3,4)6-2/h2,9H,5,7-8,12H2,1,3-4H3,(H,13,14). The van der Waals surface area contributed by atoms with Crippen LogP contribution in [0.3, 0.4) is 0 Å². The van der Waals surface area contributed by atoms with Crippen molar-refractivity contribution in [1.29, 1.82) is 0 Å². The Morgan fingerprint density at radius 1 is 1.64 bits per heavy atom. The van der Waals surface area contributed by atoms with Crippen molar-refractivity contribution >= 4 is 5.91 Å². The lowest BCUT2D eigenvalue weighted by Gasteiger charge is -2.20. The van der Waals surface area contributed by atoms with Crippen LogP contribution >= 0.6 is 0 Å². The summed E-state index contributed by atoms with van der Waals surface area (Å²) in [6, 6.07) is -0.0615. The molecule has 1 unspecified atom stereocenters. The fourth-order valence-corrected chi connectivity index (χ4v) is 1.15. The summed E-state index contributed by atoms with van der Waals surface area (Å²) in [7, 11) is 0. The second kappa shape index (κ2) is 5.66. The topological polar surface area (TPSA) is 55.1 Å². The molecule has 0 rings (SSSR count). The third-order valence-electron chi connectivity index (χ3n) is 1.92. The third kappa shape index (κ3) is 5.60. The van der Waals surface area contributed by atoms with Crippen LogP contribution < -0.4 is 11.1 Å². The monoisotopic (exact) mass is 196 g/mol. The Hall–Kier alpha value is -1.01. The Balaban J connectivity index is 3.94. The minimum absolute atomic E-state index is 0.0615. The number of hydrogen-bond donors (Lipinski definition) is 2. The van der Waals surface area contributed by atoms with Gasteiger partial charge in [-0.15, -0.1) is 6.42 Å². The lowest BCUT2D eigenvalue weighted by Crippen LogP contribution is -2.44. The van der Waals surface area contributed by atoms with Crippen molar-refractivity contribution in [2.45, 2.75) is 51.6 Å². The Kier molecular flexibility index (Phi) is 5.26. The molecule has 0 fully saturated rings. The van der Waals surface area contributed by atoms with Crippen molar-refractivity contribution in [1.82, 2.24) is 5.32 Å². The van der Waals surface area contributed by atoms with Gasteiger partial charge in [0.25, 0.3) is 0 Å². The number of carbonyl (C=O) groups excluding carboxylic acids is 1. The van der Waals surface area contributed by atoms with Gasteiger partial charge in [-0.3, -0.25) is 4.79 Å². The van der Waals surface area contributed by atoms with Gasteiger partial charge in [-0.05, 0) is 20.3 Å². The van der Waals surface area contributed by atoms with Gasteiger partial charge in [0.2, 0.25) is 5.91 Å². The molecule has 1 amide bonds. The molecule has 0 aromatic heterocycles. The quantitative estimate of drug-likeness (QED) is 0.645. The van der Waals surface area contributed by atoms with Crippen LogP contribution in [0.2, 0.25) is 0 Å². The summed E-state index contributed by atoms with van der Waals surface area (Å²) in [6.45, 7) is 5.62. The first kappa shape index (κ1) is 13.0. The van der Waals surface area contributed by atoms with Gasteiger partial charge in [-0.2, -0.15) is 0 Å². The van der Waals surface area contributed by atoms with E-state index in [9.17, 15) is 4.79 Å². The molecule has 0 saturated heterocycles. The molecular formula is C11H20N2O. The summed E-state index contributed by atoms with van der Waals surface area (Å²) < 4.78 is 0. The van der Waals surface area contributed by atoms with Crippen LogP contribution in [0.5, 0.6) is 0 Å². The molecule has 0 aliphatic heterocycles. The van der Waals surface area contributed by atoms with Crippen LogP contribution in [0.4, 0.5) is 0 Å². The summed E-state index contributed by atoms with van der Waals surface area (Å²) in [6.07, 6.45) is 7.45. The zero-order chi connectivity index (χ0) is 11.2. The van der Waals surface area contributed by atoms with Crippen molar-refractivity contribution in [3.8, 4) is 12.3 Å². The van der Waals surface area contributed by atoms with Crippen LogP contribution in [0, 0.1) is 12.3 Å². The van der Waals surface area contributed by atoms with Gasteiger partial charge < -0.3 is 11.1 Å². The van der Waals surface area contributed by atoms with Gasteiger partial charge in [-0.25, -0.2) is 0 Å². The summed E-state index contributed by atoms with van der Waals surface area (Å²) in [5.74, 6) is 2.43. The number of amides is 1. The van der Waals surface area contributed by atoms with Gasteiger partial charge in [0.15, 0.2) is 0 Å². The van der Waals surface area contributed by atoms with Crippen molar-refractivity contribution in [3.05, 3.63) is 0 Å². The van der Waals surface area contributed by atoms with Crippen LogP contribution in [0.25, 0.3) is 0 Å². The molecule has 0 aliphatic rings. The number of nitrogens with two attached hydrogens (primary N) is 1. The lowest BCUT2D eigenvalue weighted by molar-refractivity contribution is -0.122. The minimum Gasteiger partial charge on any atom is -0.340 e. The van der Waals surface area contributed by atoms with E-state index in [0.717, 1.165) is 12.8 Å². The molecule has 80 valence electrons. The summed E-state index contributed by atoms with van der Waals surface area (Å²) >= 11 is 0. The first-order chi connectivity index (χ1) is 6.41. The van der Waals surface area contributed by atoms with E-state index >= 15 is 0 Å². The number of nitrogens with one attached hydrogen (secondary N) is 1. The number of hydrogen-bond acceptors (Lipinski definition) is 2. The average Bonchev–Trinajstić information content (AvgIpc) is 2.03. The van der Waals surface area contributed by atoms with Gasteiger partial charge in [-0.1, -0.05) is 19.3 Å². The second-order valence-electron chi connectivity index (χ2n) is 4.07. The molecule has 0 aromatic rings. The van der Waals surface area contributed by atoms with Crippen molar-refractivity contribution in [2.75, 3.05) is 0 Å². The first-order valence-electron chi connectivity index (χ1n) is 4.95. The van der Waals surface area contributed by atoms with Crippen molar-refractivity contribution in [2.24, 2.45) is 5.73 Å². The fraction of sp³-hybridized carbons (Fsp3) is 0.727. The summed E-state index contributed by atoms with van der Waals surface area (Å²) in [5.41, 5.74) is 5.15. The molecule has 0 spiro atoms. The average molecular weight is 196 g/mol. The molecule has 0 heterocycles. The fourth-order valence-electron chi connectivity index (χ4n) is 1.15. The maximum atomic E-state index is 11.4. The molecule has 0 bridgehead atoms. The van der Waals surface area contributed by atoms with E-state index < -0.39 is 5.54 Å². The number of rotatable bonds is 5. The largest absolute Gasteiger partial charge is 0.340 e. The normalized spacial score (nSPS) is 13.1. The molecule has 3 heteroatoms. The Bertz CT molecular complexity index is 228. The van der Waals surface area contributed by atoms with Crippen LogP contribution in [-0.4, -0.2) is 17.5 Å². The molecule has 0 radical (unpaired) electrons. The molecule has 0 aromatic carbocycles. The van der Waals surface area contributed by atoms with Crippen molar-refractivity contribution in [3.63, 3.8) is 0 Å². The highest BCUT2D eigenvalue weighted by Gasteiger charge is 2.18. The zero-order valence-corrected chi connectivity index (χ0v) is 9.26. The molecule has 0 saturated carbocycles. The van der Waals surface area contributed by atoms with Gasteiger partial charge in [0.05, 0.1) is 5.54 Å². The van der Waals surface area contributed by atoms with E-state index in [4.69, 9.17) is 12.2 Å². The van der Waals surface area contributed by atoms with E-state index in [2.05, 4.69) is 11.2 Å². The second-order valence-corrected chi connectivity index (χ2v) is 4.07. The smallest absolute Gasteiger partial charge is 0.222 e. The lowest BCUT2D eigenvalue weighted by atomic mass is 10.1. The SMILES string of the molecule is C#CC(C)(C)NC(=O)CC(N)CCC. The van der Waals surface area contributed by atoms with Crippen LogP contribution in [-0.2, 0) is 4.79 Å². The molecule has 14 heavy (non-hydrogen) atoms. The molecule has 3 nitrogen and oxygen atoms in total. The Morgan fingerprint density at radius 2 is 2.21 bits per heavy atom.